The number of hydrogen-bond donors (Lipinski definition) is 0. The Labute approximate surface area is 196 Å². The molecule has 1 heterocycles. The van der Waals surface area contributed by atoms with Crippen LogP contribution < -0.4 is 0 Å². The van der Waals surface area contributed by atoms with E-state index in [-0.39, 0.29) is 31.4 Å². The summed E-state index contributed by atoms with van der Waals surface area (Å²) in [6, 6.07) is 6.02. The van der Waals surface area contributed by atoms with Crippen LogP contribution in [-0.2, 0) is 21.2 Å². The molecule has 0 radical (unpaired) electrons. The van der Waals surface area contributed by atoms with Crippen molar-refractivity contribution in [2.75, 3.05) is 32.6 Å². The number of aromatic nitrogens is 2. The van der Waals surface area contributed by atoms with Crippen LogP contribution in [0.15, 0.2) is 36.0 Å². The number of benzene rings is 1. The average Bonchev–Trinajstić information content (AvgIpc) is 3.27. The topological polar surface area (TPSA) is 64.4 Å². The maximum absolute atomic E-state index is 13.3. The Morgan fingerprint density at radius 1 is 1.26 bits per heavy atom. The summed E-state index contributed by atoms with van der Waals surface area (Å²) in [5.74, 6) is -2.38. The molecule has 186 valence electrons. The van der Waals surface area contributed by atoms with Crippen LogP contribution in [-0.4, -0.2) is 61.2 Å². The highest BCUT2D eigenvalue weighted by Crippen LogP contribution is 2.53. The van der Waals surface area contributed by atoms with E-state index in [1.54, 1.807) is 23.0 Å². The first-order valence-corrected chi connectivity index (χ1v) is 12.6. The molecule has 0 bridgehead atoms. The van der Waals surface area contributed by atoms with Gasteiger partial charge >= 0.3 is 6.18 Å². The summed E-state index contributed by atoms with van der Waals surface area (Å²) < 4.78 is 85.0. The van der Waals surface area contributed by atoms with Gasteiger partial charge in [0.05, 0.1) is 24.2 Å². The van der Waals surface area contributed by atoms with Crippen LogP contribution in [0.1, 0.15) is 31.0 Å². The molecule has 2 aliphatic carbocycles. The summed E-state index contributed by atoms with van der Waals surface area (Å²) in [5.41, 5.74) is 3.29. The fraction of sp³-hybridized carbons (Fsp3) is 0.522. The number of halogens is 4. The molecule has 0 unspecified atom stereocenters. The standard InChI is InChI=1S/C23H27F4N3O3S/c1-22-12-16-13-28-30(20-7-5-19(24)6-8-20)21(16)11-17(22)3-4-18(22)14-29(9-10-33-2)34(31,32)15-23(25,26)27/h5-8,11,13,18H,3-4,9-10,12,14-15H2,1-2H3/t18-,22+/m1/s1. The van der Waals surface area contributed by atoms with E-state index >= 15 is 0 Å². The molecule has 0 N–H and O–H groups in total. The highest BCUT2D eigenvalue weighted by atomic mass is 32.2. The Bertz CT molecular complexity index is 1180. The minimum atomic E-state index is -4.82. The van der Waals surface area contributed by atoms with Crippen molar-refractivity contribution in [2.24, 2.45) is 11.3 Å². The van der Waals surface area contributed by atoms with Gasteiger partial charge in [0.15, 0.2) is 5.75 Å². The summed E-state index contributed by atoms with van der Waals surface area (Å²) >= 11 is 0. The SMILES string of the molecule is COCCN(C[C@H]1CCC2=Cc3c(cnn3-c3ccc(F)cc3)C[C@@]21C)S(=O)(=O)CC(F)(F)F. The predicted molar refractivity (Wildman–Crippen MR) is 119 cm³/mol. The lowest BCUT2D eigenvalue weighted by molar-refractivity contribution is -0.107. The zero-order valence-electron chi connectivity index (χ0n) is 19.0. The number of hydrogen-bond acceptors (Lipinski definition) is 4. The van der Waals surface area contributed by atoms with E-state index in [4.69, 9.17) is 4.74 Å². The molecule has 0 aliphatic heterocycles. The molecule has 1 aromatic heterocycles. The van der Waals surface area contributed by atoms with Gasteiger partial charge in [0.1, 0.15) is 5.82 Å². The number of nitrogens with zero attached hydrogens (tertiary/aromatic N) is 3. The van der Waals surface area contributed by atoms with Crippen molar-refractivity contribution in [3.63, 3.8) is 0 Å². The number of ether oxygens (including phenoxy) is 1. The number of rotatable bonds is 8. The predicted octanol–water partition coefficient (Wildman–Crippen LogP) is 4.21. The zero-order chi connectivity index (χ0) is 24.7. The maximum atomic E-state index is 13.3. The van der Waals surface area contributed by atoms with Crippen LogP contribution in [0.5, 0.6) is 0 Å². The first kappa shape index (κ1) is 24.9. The Morgan fingerprint density at radius 3 is 2.62 bits per heavy atom. The third-order valence-corrected chi connectivity index (χ3v) is 8.74. The quantitative estimate of drug-likeness (QED) is 0.509. The molecule has 1 aromatic carbocycles. The fourth-order valence-electron chi connectivity index (χ4n) is 5.10. The maximum Gasteiger partial charge on any atom is 0.404 e. The van der Waals surface area contributed by atoms with Crippen molar-refractivity contribution in [1.82, 2.24) is 14.1 Å². The van der Waals surface area contributed by atoms with E-state index in [1.165, 1.54) is 19.2 Å². The highest BCUT2D eigenvalue weighted by Gasteiger charge is 2.48. The second kappa shape index (κ2) is 9.09. The monoisotopic (exact) mass is 501 g/mol. The van der Waals surface area contributed by atoms with Crippen molar-refractivity contribution in [3.8, 4) is 5.69 Å². The van der Waals surface area contributed by atoms with E-state index in [1.807, 2.05) is 13.0 Å². The number of allylic oxidation sites excluding steroid dienone is 1. The zero-order valence-corrected chi connectivity index (χ0v) is 19.8. The highest BCUT2D eigenvalue weighted by molar-refractivity contribution is 7.89. The summed E-state index contributed by atoms with van der Waals surface area (Å²) in [4.78, 5) is 0. The van der Waals surface area contributed by atoms with Crippen molar-refractivity contribution in [2.45, 2.75) is 32.4 Å². The normalized spacial score (nSPS) is 22.6. The second-order valence-electron chi connectivity index (χ2n) is 9.16. The van der Waals surface area contributed by atoms with E-state index in [0.717, 1.165) is 26.8 Å². The van der Waals surface area contributed by atoms with Crippen LogP contribution in [0.2, 0.25) is 0 Å². The second-order valence-corrected chi connectivity index (χ2v) is 11.1. The first-order chi connectivity index (χ1) is 15.9. The van der Waals surface area contributed by atoms with Gasteiger partial charge in [0.2, 0.25) is 10.0 Å². The minimum Gasteiger partial charge on any atom is -0.383 e. The third-order valence-electron chi connectivity index (χ3n) is 6.93. The summed E-state index contributed by atoms with van der Waals surface area (Å²) in [5, 5.41) is 4.46. The average molecular weight is 502 g/mol. The Hall–Kier alpha value is -2.24. The van der Waals surface area contributed by atoms with Gasteiger partial charge < -0.3 is 4.74 Å². The molecular weight excluding hydrogens is 474 g/mol. The van der Waals surface area contributed by atoms with Crippen molar-refractivity contribution >= 4 is 16.1 Å². The molecule has 1 saturated carbocycles. The molecule has 6 nitrogen and oxygen atoms in total. The van der Waals surface area contributed by atoms with Gasteiger partial charge in [-0.2, -0.15) is 22.6 Å². The summed E-state index contributed by atoms with van der Waals surface area (Å²) in [6.45, 7) is 1.92. The van der Waals surface area contributed by atoms with Crippen molar-refractivity contribution in [1.29, 1.82) is 0 Å². The summed E-state index contributed by atoms with van der Waals surface area (Å²) in [6.07, 6.45) is 0.948. The smallest absolute Gasteiger partial charge is 0.383 e. The minimum absolute atomic E-state index is 0.00293. The molecule has 1 fully saturated rings. The largest absolute Gasteiger partial charge is 0.404 e. The Kier molecular flexibility index (Phi) is 6.65. The van der Waals surface area contributed by atoms with Crippen LogP contribution >= 0.6 is 0 Å². The molecule has 2 aromatic rings. The van der Waals surface area contributed by atoms with E-state index in [0.29, 0.717) is 19.3 Å². The lowest BCUT2D eigenvalue weighted by Crippen LogP contribution is -2.45. The van der Waals surface area contributed by atoms with Gasteiger partial charge in [0, 0.05) is 20.2 Å². The third kappa shape index (κ3) is 4.92. The van der Waals surface area contributed by atoms with E-state index in [9.17, 15) is 26.0 Å². The lowest BCUT2D eigenvalue weighted by atomic mass is 9.70. The molecule has 0 amide bonds. The molecule has 2 atom stereocenters. The Morgan fingerprint density at radius 2 is 1.97 bits per heavy atom. The molecule has 4 rings (SSSR count). The molecule has 2 aliphatic rings. The molecule has 11 heteroatoms. The number of fused-ring (bicyclic) bond motifs is 2. The Balaban J connectivity index is 1.60. The van der Waals surface area contributed by atoms with E-state index < -0.39 is 27.4 Å². The number of methoxy groups -OCH3 is 1. The molecule has 0 spiro atoms. The van der Waals surface area contributed by atoms with Crippen molar-refractivity contribution < 1.29 is 30.7 Å². The van der Waals surface area contributed by atoms with Crippen LogP contribution in [0.4, 0.5) is 17.6 Å². The van der Waals surface area contributed by atoms with Gasteiger partial charge in [-0.25, -0.2) is 17.5 Å². The lowest BCUT2D eigenvalue weighted by Gasteiger charge is -2.38. The van der Waals surface area contributed by atoms with Gasteiger partial charge in [-0.15, -0.1) is 0 Å². The fourth-order valence-corrected chi connectivity index (χ4v) is 6.45. The van der Waals surface area contributed by atoms with Crippen LogP contribution in [0.25, 0.3) is 11.8 Å². The van der Waals surface area contributed by atoms with Crippen molar-refractivity contribution in [3.05, 3.63) is 53.1 Å². The van der Waals surface area contributed by atoms with Gasteiger partial charge in [-0.1, -0.05) is 12.5 Å². The first-order valence-electron chi connectivity index (χ1n) is 11.0. The number of sulfonamides is 1. The van der Waals surface area contributed by atoms with E-state index in [2.05, 4.69) is 5.10 Å². The van der Waals surface area contributed by atoms with Gasteiger partial charge in [-0.05, 0) is 66.5 Å². The summed E-state index contributed by atoms with van der Waals surface area (Å²) in [7, 11) is -3.16. The number of alkyl halides is 3. The molecular formula is C23H27F4N3O3S. The van der Waals surface area contributed by atoms with Gasteiger partial charge in [-0.3, -0.25) is 0 Å². The molecule has 0 saturated heterocycles. The molecule has 34 heavy (non-hydrogen) atoms. The van der Waals surface area contributed by atoms with Crippen LogP contribution in [0, 0.1) is 17.2 Å². The van der Waals surface area contributed by atoms with Crippen LogP contribution in [0.3, 0.4) is 0 Å². The van der Waals surface area contributed by atoms with Gasteiger partial charge in [0.25, 0.3) is 0 Å².